The van der Waals surface area contributed by atoms with E-state index in [4.69, 9.17) is 0 Å². The molecule has 1 heterocycles. The van der Waals surface area contributed by atoms with Crippen LogP contribution in [0.1, 0.15) is 43.7 Å². The van der Waals surface area contributed by atoms with Crippen molar-refractivity contribution in [2.24, 2.45) is 4.99 Å². The van der Waals surface area contributed by atoms with E-state index in [0.717, 1.165) is 12.8 Å². The lowest BCUT2D eigenvalue weighted by molar-refractivity contribution is 0.155. The van der Waals surface area contributed by atoms with Crippen LogP contribution in [0.25, 0.3) is 0 Å². The quantitative estimate of drug-likeness (QED) is 0.909. The first-order valence-electron chi connectivity index (χ1n) is 8.11. The molecule has 2 aliphatic rings. The molecule has 0 spiro atoms. The summed E-state index contributed by atoms with van der Waals surface area (Å²) in [7, 11) is 1.85. The molecular formula is C17H22FN3O2. The standard InChI is InChI=1S/C17H22FN3O2/c1-20(13-5-3-2-4-6-13)17(23)21-10-15(19-11-21)12-7-8-16(22)14(18)9-12/h7-9,11,13,15,22H,2-6,10H2,1H3. The summed E-state index contributed by atoms with van der Waals surface area (Å²) in [6, 6.07) is 4.19. The summed E-state index contributed by atoms with van der Waals surface area (Å²) in [4.78, 5) is 20.3. The van der Waals surface area contributed by atoms with E-state index in [1.54, 1.807) is 11.0 Å². The SMILES string of the molecule is CN(C(=O)N1C=NC(c2ccc(O)c(F)c2)C1)C1CCCCC1. The predicted octanol–water partition coefficient (Wildman–Crippen LogP) is 3.30. The van der Waals surface area contributed by atoms with E-state index in [9.17, 15) is 14.3 Å². The highest BCUT2D eigenvalue weighted by molar-refractivity contribution is 5.87. The van der Waals surface area contributed by atoms with Crippen molar-refractivity contribution in [3.8, 4) is 5.75 Å². The van der Waals surface area contributed by atoms with Crippen LogP contribution in [0.2, 0.25) is 0 Å². The zero-order chi connectivity index (χ0) is 16.4. The van der Waals surface area contributed by atoms with E-state index in [2.05, 4.69) is 4.99 Å². The van der Waals surface area contributed by atoms with Gasteiger partial charge in [0, 0.05) is 13.1 Å². The van der Waals surface area contributed by atoms with Gasteiger partial charge in [0.15, 0.2) is 11.6 Å². The molecule has 0 radical (unpaired) electrons. The lowest BCUT2D eigenvalue weighted by Crippen LogP contribution is -2.45. The van der Waals surface area contributed by atoms with Crippen LogP contribution >= 0.6 is 0 Å². The summed E-state index contributed by atoms with van der Waals surface area (Å²) in [5, 5.41) is 9.26. The number of nitrogens with zero attached hydrogens (tertiary/aromatic N) is 3. The van der Waals surface area contributed by atoms with Crippen LogP contribution in [0.15, 0.2) is 23.2 Å². The number of amides is 2. The normalized spacial score (nSPS) is 21.7. The molecule has 3 rings (SSSR count). The monoisotopic (exact) mass is 319 g/mol. The number of hydrogen-bond donors (Lipinski definition) is 1. The number of halogens is 1. The number of phenolic OH excluding ortho intramolecular Hbond substituents is 1. The fourth-order valence-corrected chi connectivity index (χ4v) is 3.32. The lowest BCUT2D eigenvalue weighted by Gasteiger charge is -2.33. The molecule has 2 amide bonds. The Kier molecular flexibility index (Phi) is 4.50. The Morgan fingerprint density at radius 1 is 1.35 bits per heavy atom. The first-order valence-corrected chi connectivity index (χ1v) is 8.11. The third-order valence-corrected chi connectivity index (χ3v) is 4.78. The summed E-state index contributed by atoms with van der Waals surface area (Å²) < 4.78 is 13.5. The minimum atomic E-state index is -0.665. The molecule has 1 aromatic carbocycles. The maximum Gasteiger partial charge on any atom is 0.325 e. The average molecular weight is 319 g/mol. The second-order valence-corrected chi connectivity index (χ2v) is 6.33. The molecule has 5 nitrogen and oxygen atoms in total. The molecule has 6 heteroatoms. The number of carbonyl (C=O) groups is 1. The Balaban J connectivity index is 1.63. The van der Waals surface area contributed by atoms with Crippen molar-refractivity contribution in [3.63, 3.8) is 0 Å². The van der Waals surface area contributed by atoms with Gasteiger partial charge in [-0.25, -0.2) is 9.18 Å². The van der Waals surface area contributed by atoms with Gasteiger partial charge in [0.25, 0.3) is 0 Å². The maximum atomic E-state index is 13.5. The van der Waals surface area contributed by atoms with Gasteiger partial charge in [0.1, 0.15) is 0 Å². The van der Waals surface area contributed by atoms with Gasteiger partial charge in [0.05, 0.1) is 18.9 Å². The van der Waals surface area contributed by atoms with Crippen LogP contribution in [0, 0.1) is 5.82 Å². The molecule has 1 N–H and O–H groups in total. The number of urea groups is 1. The average Bonchev–Trinajstić information content (AvgIpc) is 3.07. The third kappa shape index (κ3) is 3.30. The van der Waals surface area contributed by atoms with Gasteiger partial charge in [-0.05, 0) is 30.5 Å². The number of phenols is 1. The molecule has 0 saturated heterocycles. The van der Waals surface area contributed by atoms with Crippen molar-refractivity contribution in [2.75, 3.05) is 13.6 Å². The molecule has 1 aromatic rings. The molecule has 1 saturated carbocycles. The predicted molar refractivity (Wildman–Crippen MR) is 86.0 cm³/mol. The van der Waals surface area contributed by atoms with E-state index in [0.29, 0.717) is 18.2 Å². The van der Waals surface area contributed by atoms with Crippen LogP contribution in [-0.2, 0) is 0 Å². The van der Waals surface area contributed by atoms with Crippen molar-refractivity contribution in [2.45, 2.75) is 44.2 Å². The smallest absolute Gasteiger partial charge is 0.325 e. The zero-order valence-corrected chi connectivity index (χ0v) is 13.3. The van der Waals surface area contributed by atoms with Crippen LogP contribution in [0.3, 0.4) is 0 Å². The Labute approximate surface area is 135 Å². The van der Waals surface area contributed by atoms with Gasteiger partial charge in [-0.15, -0.1) is 0 Å². The van der Waals surface area contributed by atoms with E-state index in [1.807, 2.05) is 11.9 Å². The second kappa shape index (κ2) is 6.56. The van der Waals surface area contributed by atoms with Crippen molar-refractivity contribution < 1.29 is 14.3 Å². The van der Waals surface area contributed by atoms with E-state index >= 15 is 0 Å². The van der Waals surface area contributed by atoms with E-state index in [1.165, 1.54) is 37.7 Å². The molecule has 0 bridgehead atoms. The number of hydrogen-bond acceptors (Lipinski definition) is 3. The van der Waals surface area contributed by atoms with Gasteiger partial charge in [-0.3, -0.25) is 9.89 Å². The largest absolute Gasteiger partial charge is 0.505 e. The molecule has 124 valence electrons. The topological polar surface area (TPSA) is 56.1 Å². The minimum absolute atomic E-state index is 0.0533. The van der Waals surface area contributed by atoms with Gasteiger partial charge in [-0.1, -0.05) is 25.3 Å². The van der Waals surface area contributed by atoms with Crippen LogP contribution in [-0.4, -0.2) is 46.9 Å². The van der Waals surface area contributed by atoms with Gasteiger partial charge < -0.3 is 10.0 Å². The number of aromatic hydroxyl groups is 1. The van der Waals surface area contributed by atoms with E-state index < -0.39 is 5.82 Å². The van der Waals surface area contributed by atoms with Gasteiger partial charge in [0.2, 0.25) is 0 Å². The van der Waals surface area contributed by atoms with Crippen LogP contribution < -0.4 is 0 Å². The van der Waals surface area contributed by atoms with Crippen molar-refractivity contribution in [1.82, 2.24) is 9.80 Å². The molecular weight excluding hydrogens is 297 g/mol. The Hall–Kier alpha value is -2.11. The fourth-order valence-electron chi connectivity index (χ4n) is 3.32. The summed E-state index contributed by atoms with van der Waals surface area (Å²) in [5.41, 5.74) is 0.659. The lowest BCUT2D eigenvalue weighted by atomic mass is 9.95. The summed E-state index contributed by atoms with van der Waals surface area (Å²) >= 11 is 0. The Morgan fingerprint density at radius 3 is 2.78 bits per heavy atom. The van der Waals surface area contributed by atoms with Gasteiger partial charge in [-0.2, -0.15) is 0 Å². The first-order chi connectivity index (χ1) is 11.1. The van der Waals surface area contributed by atoms with Crippen LogP contribution in [0.5, 0.6) is 5.75 Å². The van der Waals surface area contributed by atoms with Crippen molar-refractivity contribution in [3.05, 3.63) is 29.6 Å². The van der Waals surface area contributed by atoms with Gasteiger partial charge >= 0.3 is 6.03 Å². The fraction of sp³-hybridized carbons (Fsp3) is 0.529. The summed E-state index contributed by atoms with van der Waals surface area (Å²) in [6.07, 6.45) is 7.24. The van der Waals surface area contributed by atoms with Crippen LogP contribution in [0.4, 0.5) is 9.18 Å². The Morgan fingerprint density at radius 2 is 2.09 bits per heavy atom. The van der Waals surface area contributed by atoms with Crippen molar-refractivity contribution in [1.29, 1.82) is 0 Å². The second-order valence-electron chi connectivity index (χ2n) is 6.33. The number of aliphatic imine (C=N–C) groups is 1. The summed E-state index contributed by atoms with van der Waals surface area (Å²) in [6.45, 7) is 0.403. The number of benzene rings is 1. The summed E-state index contributed by atoms with van der Waals surface area (Å²) in [5.74, 6) is -1.04. The first kappa shape index (κ1) is 15.8. The number of carbonyl (C=O) groups excluding carboxylic acids is 1. The third-order valence-electron chi connectivity index (χ3n) is 4.78. The zero-order valence-electron chi connectivity index (χ0n) is 13.3. The molecule has 1 atom stereocenters. The van der Waals surface area contributed by atoms with Crippen molar-refractivity contribution >= 4 is 12.4 Å². The van der Waals surface area contributed by atoms with E-state index in [-0.39, 0.29) is 17.8 Å². The minimum Gasteiger partial charge on any atom is -0.505 e. The molecule has 1 unspecified atom stereocenters. The molecule has 1 aliphatic heterocycles. The molecule has 23 heavy (non-hydrogen) atoms. The number of rotatable bonds is 2. The highest BCUT2D eigenvalue weighted by Crippen LogP contribution is 2.28. The highest BCUT2D eigenvalue weighted by Gasteiger charge is 2.30. The Bertz CT molecular complexity index is 614. The maximum absolute atomic E-state index is 13.5. The molecule has 0 aromatic heterocycles. The molecule has 1 fully saturated rings. The highest BCUT2D eigenvalue weighted by atomic mass is 19.1. The molecule has 1 aliphatic carbocycles.